The normalized spacial score (nSPS) is 17.6. The summed E-state index contributed by atoms with van der Waals surface area (Å²) in [6.45, 7) is 10.1. The fraction of sp³-hybridized carbons (Fsp3) is 0.769. The van der Waals surface area contributed by atoms with Gasteiger partial charge in [-0.1, -0.05) is 15.9 Å². The van der Waals surface area contributed by atoms with Crippen molar-refractivity contribution in [2.24, 2.45) is 0 Å². The molecule has 1 rings (SSSR count). The SMILES string of the molecule is CCOC(=O)COCCCBr.[C-]#[N+]C1CCOCC1=O. The second-order valence-corrected chi connectivity index (χ2v) is 4.65. The molecule has 1 fully saturated rings. The van der Waals surface area contributed by atoms with Crippen LogP contribution >= 0.6 is 15.9 Å². The van der Waals surface area contributed by atoms with Crippen molar-refractivity contribution in [2.45, 2.75) is 25.8 Å². The molecule has 0 amide bonds. The number of alkyl halides is 1. The van der Waals surface area contributed by atoms with Crippen LogP contribution in [0, 0.1) is 6.57 Å². The van der Waals surface area contributed by atoms with E-state index in [-0.39, 0.29) is 25.0 Å². The van der Waals surface area contributed by atoms with Crippen molar-refractivity contribution >= 4 is 27.7 Å². The third-order valence-electron chi connectivity index (χ3n) is 2.25. The molecule has 0 radical (unpaired) electrons. The quantitative estimate of drug-likeness (QED) is 0.315. The van der Waals surface area contributed by atoms with Crippen molar-refractivity contribution in [3.05, 3.63) is 11.4 Å². The van der Waals surface area contributed by atoms with Gasteiger partial charge in [-0.15, -0.1) is 0 Å². The van der Waals surface area contributed by atoms with Crippen LogP contribution in [0.4, 0.5) is 0 Å². The first kappa shape index (κ1) is 19.0. The molecule has 0 aromatic carbocycles. The molecule has 0 aromatic heterocycles. The lowest BCUT2D eigenvalue weighted by atomic mass is 10.1. The summed E-state index contributed by atoms with van der Waals surface area (Å²) in [5, 5.41) is 0.899. The highest BCUT2D eigenvalue weighted by Crippen LogP contribution is 2.05. The van der Waals surface area contributed by atoms with E-state index in [4.69, 9.17) is 16.0 Å². The second kappa shape index (κ2) is 13.0. The Morgan fingerprint density at radius 3 is 2.85 bits per heavy atom. The molecule has 1 heterocycles. The minimum absolute atomic E-state index is 0.0703. The van der Waals surface area contributed by atoms with Gasteiger partial charge in [-0.2, -0.15) is 0 Å². The van der Waals surface area contributed by atoms with E-state index in [0.29, 0.717) is 26.2 Å². The maximum Gasteiger partial charge on any atom is 0.332 e. The zero-order chi connectivity index (χ0) is 15.2. The molecule has 1 aliphatic rings. The fourth-order valence-electron chi connectivity index (χ4n) is 1.28. The fourth-order valence-corrected chi connectivity index (χ4v) is 1.51. The van der Waals surface area contributed by atoms with E-state index in [1.165, 1.54) is 0 Å². The van der Waals surface area contributed by atoms with Crippen LogP contribution in [0.5, 0.6) is 0 Å². The van der Waals surface area contributed by atoms with Gasteiger partial charge < -0.3 is 19.1 Å². The Labute approximate surface area is 127 Å². The van der Waals surface area contributed by atoms with Gasteiger partial charge >= 0.3 is 5.97 Å². The predicted octanol–water partition coefficient (Wildman–Crippen LogP) is 1.61. The molecule has 0 N–H and O–H groups in total. The van der Waals surface area contributed by atoms with E-state index in [0.717, 1.165) is 11.8 Å². The number of ether oxygens (including phenoxy) is 3. The average molecular weight is 350 g/mol. The van der Waals surface area contributed by atoms with E-state index in [1.807, 2.05) is 0 Å². The number of ketones is 1. The minimum Gasteiger partial charge on any atom is -0.464 e. The van der Waals surface area contributed by atoms with Gasteiger partial charge in [0, 0.05) is 11.9 Å². The molecular formula is C13H20BrNO5. The first-order chi connectivity index (χ1) is 9.65. The number of halogens is 1. The van der Waals surface area contributed by atoms with E-state index in [1.54, 1.807) is 6.92 Å². The molecule has 0 bridgehead atoms. The molecule has 1 atom stereocenters. The number of carbonyl (C=O) groups excluding carboxylic acids is 2. The Morgan fingerprint density at radius 2 is 2.35 bits per heavy atom. The molecule has 0 aliphatic carbocycles. The van der Waals surface area contributed by atoms with Crippen LogP contribution in [0.2, 0.25) is 0 Å². The monoisotopic (exact) mass is 349 g/mol. The average Bonchev–Trinajstić information content (AvgIpc) is 2.45. The van der Waals surface area contributed by atoms with Crippen molar-refractivity contribution in [2.75, 3.05) is 38.4 Å². The van der Waals surface area contributed by atoms with Gasteiger partial charge in [0.15, 0.2) is 0 Å². The van der Waals surface area contributed by atoms with Gasteiger partial charge in [-0.25, -0.2) is 11.4 Å². The van der Waals surface area contributed by atoms with Crippen LogP contribution in [0.15, 0.2) is 0 Å². The van der Waals surface area contributed by atoms with E-state index >= 15 is 0 Å². The van der Waals surface area contributed by atoms with E-state index in [2.05, 4.69) is 25.5 Å². The number of carbonyl (C=O) groups is 2. The minimum atomic E-state index is -0.418. The standard InChI is InChI=1S/C7H13BrO3.C6H7NO2/c1-2-11-7(9)6-10-5-3-4-8;1-7-5-2-3-9-4-6(5)8/h2-6H2,1H3;5H,2-4H2. The molecular weight excluding hydrogens is 330 g/mol. The molecule has 7 heteroatoms. The van der Waals surface area contributed by atoms with Crippen molar-refractivity contribution < 1.29 is 23.8 Å². The lowest BCUT2D eigenvalue weighted by Crippen LogP contribution is -2.29. The first-order valence-corrected chi connectivity index (χ1v) is 7.54. The third kappa shape index (κ3) is 9.89. The zero-order valence-electron chi connectivity index (χ0n) is 11.6. The molecule has 6 nitrogen and oxygen atoms in total. The molecule has 1 saturated heterocycles. The summed E-state index contributed by atoms with van der Waals surface area (Å²) in [6.07, 6.45) is 1.49. The Bertz CT molecular complexity index is 329. The van der Waals surface area contributed by atoms with Crippen LogP contribution in [-0.4, -0.2) is 56.2 Å². The first-order valence-electron chi connectivity index (χ1n) is 6.42. The molecule has 0 saturated carbocycles. The van der Waals surface area contributed by atoms with Crippen LogP contribution in [0.3, 0.4) is 0 Å². The molecule has 1 aliphatic heterocycles. The highest BCUT2D eigenvalue weighted by Gasteiger charge is 2.26. The summed E-state index contributed by atoms with van der Waals surface area (Å²) >= 11 is 3.25. The van der Waals surface area contributed by atoms with Crippen molar-refractivity contribution in [1.82, 2.24) is 0 Å². The van der Waals surface area contributed by atoms with Gasteiger partial charge in [0.1, 0.15) is 13.2 Å². The van der Waals surface area contributed by atoms with Crippen LogP contribution in [-0.2, 0) is 23.8 Å². The Hall–Kier alpha value is -0.970. The highest BCUT2D eigenvalue weighted by atomic mass is 79.9. The number of Topliss-reactive ketones (excluding diaryl/α,β-unsaturated/α-hetero) is 1. The molecule has 0 spiro atoms. The summed E-state index contributed by atoms with van der Waals surface area (Å²) in [5.41, 5.74) is 0. The number of rotatable bonds is 6. The lowest BCUT2D eigenvalue weighted by Gasteiger charge is -2.10. The summed E-state index contributed by atoms with van der Waals surface area (Å²) < 4.78 is 14.5. The molecule has 20 heavy (non-hydrogen) atoms. The van der Waals surface area contributed by atoms with Gasteiger partial charge in [-0.3, -0.25) is 4.79 Å². The van der Waals surface area contributed by atoms with Crippen molar-refractivity contribution in [3.8, 4) is 0 Å². The predicted molar refractivity (Wildman–Crippen MR) is 76.7 cm³/mol. The summed E-state index contributed by atoms with van der Waals surface area (Å²) in [7, 11) is 0. The number of esters is 1. The number of hydrogen-bond donors (Lipinski definition) is 0. The topological polar surface area (TPSA) is 66.2 Å². The Kier molecular flexibility index (Phi) is 12.4. The largest absolute Gasteiger partial charge is 0.464 e. The van der Waals surface area contributed by atoms with Crippen molar-refractivity contribution in [3.63, 3.8) is 0 Å². The second-order valence-electron chi connectivity index (χ2n) is 3.85. The smallest absolute Gasteiger partial charge is 0.332 e. The molecule has 1 unspecified atom stereocenters. The molecule has 114 valence electrons. The maximum atomic E-state index is 10.7. The summed E-state index contributed by atoms with van der Waals surface area (Å²) in [6, 6.07) is -0.418. The van der Waals surface area contributed by atoms with Crippen LogP contribution in [0.25, 0.3) is 4.85 Å². The summed E-state index contributed by atoms with van der Waals surface area (Å²) in [5.74, 6) is -0.363. The Balaban J connectivity index is 0.000000367. The van der Waals surface area contributed by atoms with Gasteiger partial charge in [-0.05, 0) is 13.3 Å². The van der Waals surface area contributed by atoms with Crippen LogP contribution < -0.4 is 0 Å². The molecule has 0 aromatic rings. The van der Waals surface area contributed by atoms with Crippen LogP contribution in [0.1, 0.15) is 19.8 Å². The maximum absolute atomic E-state index is 10.7. The lowest BCUT2D eigenvalue weighted by molar-refractivity contribution is -0.148. The number of hydrogen-bond acceptors (Lipinski definition) is 5. The number of nitrogens with zero attached hydrogens (tertiary/aromatic N) is 1. The van der Waals surface area contributed by atoms with Crippen molar-refractivity contribution in [1.29, 1.82) is 0 Å². The zero-order valence-corrected chi connectivity index (χ0v) is 13.2. The van der Waals surface area contributed by atoms with Gasteiger partial charge in [0.05, 0.1) is 19.6 Å². The Morgan fingerprint density at radius 1 is 1.60 bits per heavy atom. The summed E-state index contributed by atoms with van der Waals surface area (Å²) in [4.78, 5) is 24.5. The van der Waals surface area contributed by atoms with Gasteiger partial charge in [0.25, 0.3) is 6.04 Å². The third-order valence-corrected chi connectivity index (χ3v) is 2.82. The van der Waals surface area contributed by atoms with E-state index in [9.17, 15) is 9.59 Å². The van der Waals surface area contributed by atoms with E-state index < -0.39 is 6.04 Å². The highest BCUT2D eigenvalue weighted by molar-refractivity contribution is 9.09. The van der Waals surface area contributed by atoms with Gasteiger partial charge in [0.2, 0.25) is 5.78 Å².